The molecule has 0 amide bonds. The third-order valence-electron chi connectivity index (χ3n) is 3.23. The fourth-order valence-electron chi connectivity index (χ4n) is 2.13. The molecule has 0 aliphatic carbocycles. The van der Waals surface area contributed by atoms with E-state index >= 15 is 0 Å². The molecule has 0 radical (unpaired) electrons. The standard InChI is InChI=1S/C17H21FN2O/c1-12-5-15(14-4-2-3-13(7-14)9-19)8-17(6-12)21-11-16(18)10-20/h2-8,16H,9-11,19-20H2,1H3/t16-/m1/s1. The van der Waals surface area contributed by atoms with Crippen LogP contribution in [0.5, 0.6) is 5.75 Å². The number of nitrogens with two attached hydrogens (primary N) is 2. The summed E-state index contributed by atoms with van der Waals surface area (Å²) in [5, 5.41) is 0. The van der Waals surface area contributed by atoms with Gasteiger partial charge < -0.3 is 16.2 Å². The largest absolute Gasteiger partial charge is 0.490 e. The second kappa shape index (κ2) is 7.20. The number of alkyl halides is 1. The van der Waals surface area contributed by atoms with Crippen LogP contribution in [0.15, 0.2) is 42.5 Å². The van der Waals surface area contributed by atoms with Crippen LogP contribution in [0.4, 0.5) is 4.39 Å². The van der Waals surface area contributed by atoms with Crippen LogP contribution in [0.1, 0.15) is 11.1 Å². The van der Waals surface area contributed by atoms with Gasteiger partial charge in [-0.25, -0.2) is 4.39 Å². The fraction of sp³-hybridized carbons (Fsp3) is 0.294. The Morgan fingerprint density at radius 3 is 2.62 bits per heavy atom. The topological polar surface area (TPSA) is 61.3 Å². The Kier molecular flexibility index (Phi) is 5.31. The predicted molar refractivity (Wildman–Crippen MR) is 84.0 cm³/mol. The van der Waals surface area contributed by atoms with Gasteiger partial charge in [0.05, 0.1) is 0 Å². The highest BCUT2D eigenvalue weighted by Gasteiger charge is 2.07. The van der Waals surface area contributed by atoms with Gasteiger partial charge in [-0.15, -0.1) is 0 Å². The minimum atomic E-state index is -1.14. The minimum absolute atomic E-state index is 0.0256. The van der Waals surface area contributed by atoms with Gasteiger partial charge in [-0.2, -0.15) is 0 Å². The van der Waals surface area contributed by atoms with E-state index in [0.717, 1.165) is 22.3 Å². The van der Waals surface area contributed by atoms with E-state index in [-0.39, 0.29) is 13.2 Å². The summed E-state index contributed by atoms with van der Waals surface area (Å²) in [4.78, 5) is 0. The van der Waals surface area contributed by atoms with Crippen LogP contribution >= 0.6 is 0 Å². The van der Waals surface area contributed by atoms with Gasteiger partial charge in [-0.1, -0.05) is 24.3 Å². The van der Waals surface area contributed by atoms with E-state index in [1.54, 1.807) is 0 Å². The average molecular weight is 288 g/mol. The van der Waals surface area contributed by atoms with Crippen molar-refractivity contribution in [1.29, 1.82) is 0 Å². The first-order valence-corrected chi connectivity index (χ1v) is 7.00. The second-order valence-electron chi connectivity index (χ2n) is 5.08. The Hall–Kier alpha value is -1.91. The highest BCUT2D eigenvalue weighted by Crippen LogP contribution is 2.26. The third-order valence-corrected chi connectivity index (χ3v) is 3.23. The molecule has 0 bridgehead atoms. The number of halogens is 1. The number of hydrogen-bond acceptors (Lipinski definition) is 3. The molecule has 0 aromatic heterocycles. The van der Waals surface area contributed by atoms with Crippen LogP contribution in [-0.2, 0) is 6.54 Å². The summed E-state index contributed by atoms with van der Waals surface area (Å²) in [5.74, 6) is 0.652. The van der Waals surface area contributed by atoms with Crippen LogP contribution in [0.2, 0.25) is 0 Å². The Morgan fingerprint density at radius 1 is 1.10 bits per heavy atom. The van der Waals surface area contributed by atoms with Gasteiger partial charge in [0.15, 0.2) is 0 Å². The van der Waals surface area contributed by atoms with Crippen molar-refractivity contribution in [1.82, 2.24) is 0 Å². The molecule has 0 aliphatic heterocycles. The molecule has 21 heavy (non-hydrogen) atoms. The molecule has 2 aromatic rings. The SMILES string of the molecule is Cc1cc(OC[C@H](F)CN)cc(-c2cccc(CN)c2)c1. The maximum atomic E-state index is 13.2. The van der Waals surface area contributed by atoms with E-state index in [2.05, 4.69) is 12.1 Å². The first-order valence-electron chi connectivity index (χ1n) is 7.00. The van der Waals surface area contributed by atoms with Crippen LogP contribution < -0.4 is 16.2 Å². The summed E-state index contributed by atoms with van der Waals surface area (Å²) < 4.78 is 18.7. The highest BCUT2D eigenvalue weighted by atomic mass is 19.1. The van der Waals surface area contributed by atoms with E-state index in [9.17, 15) is 4.39 Å². The maximum Gasteiger partial charge on any atom is 0.146 e. The first kappa shape index (κ1) is 15.5. The summed E-state index contributed by atoms with van der Waals surface area (Å²) in [6.07, 6.45) is -1.14. The molecule has 0 fully saturated rings. The van der Waals surface area contributed by atoms with Crippen molar-refractivity contribution in [3.05, 3.63) is 53.6 Å². The number of rotatable bonds is 6. The van der Waals surface area contributed by atoms with Gasteiger partial charge in [-0.05, 0) is 47.4 Å². The van der Waals surface area contributed by atoms with Crippen LogP contribution in [0.25, 0.3) is 11.1 Å². The van der Waals surface area contributed by atoms with Gasteiger partial charge in [0.2, 0.25) is 0 Å². The summed E-state index contributed by atoms with van der Waals surface area (Å²) in [7, 11) is 0. The molecule has 0 aliphatic rings. The first-order chi connectivity index (χ1) is 10.1. The Balaban J connectivity index is 2.25. The highest BCUT2D eigenvalue weighted by molar-refractivity contribution is 5.66. The van der Waals surface area contributed by atoms with Gasteiger partial charge in [0.25, 0.3) is 0 Å². The molecule has 2 aromatic carbocycles. The average Bonchev–Trinajstić information content (AvgIpc) is 2.52. The molecule has 2 rings (SSSR count). The van der Waals surface area contributed by atoms with E-state index in [0.29, 0.717) is 12.3 Å². The van der Waals surface area contributed by atoms with Crippen LogP contribution in [0.3, 0.4) is 0 Å². The van der Waals surface area contributed by atoms with E-state index in [1.165, 1.54) is 0 Å². The van der Waals surface area contributed by atoms with Gasteiger partial charge >= 0.3 is 0 Å². The lowest BCUT2D eigenvalue weighted by Gasteiger charge is -2.12. The summed E-state index contributed by atoms with van der Waals surface area (Å²) in [6.45, 7) is 2.43. The summed E-state index contributed by atoms with van der Waals surface area (Å²) in [5.41, 5.74) is 15.2. The Labute approximate surface area is 124 Å². The zero-order valence-electron chi connectivity index (χ0n) is 12.2. The molecule has 1 atom stereocenters. The van der Waals surface area contributed by atoms with Crippen molar-refractivity contribution in [3.63, 3.8) is 0 Å². The Morgan fingerprint density at radius 2 is 1.90 bits per heavy atom. The quantitative estimate of drug-likeness (QED) is 0.859. The smallest absolute Gasteiger partial charge is 0.146 e. The van der Waals surface area contributed by atoms with Crippen molar-refractivity contribution in [2.24, 2.45) is 11.5 Å². The lowest BCUT2D eigenvalue weighted by Crippen LogP contribution is -2.22. The van der Waals surface area contributed by atoms with E-state index in [4.69, 9.17) is 16.2 Å². The molecule has 0 saturated carbocycles. The van der Waals surface area contributed by atoms with Gasteiger partial charge in [-0.3, -0.25) is 0 Å². The van der Waals surface area contributed by atoms with E-state index < -0.39 is 6.17 Å². The van der Waals surface area contributed by atoms with Gasteiger partial charge in [0.1, 0.15) is 18.5 Å². The molecular weight excluding hydrogens is 267 g/mol. The zero-order valence-corrected chi connectivity index (χ0v) is 12.2. The molecule has 4 heteroatoms. The molecule has 112 valence electrons. The molecule has 4 N–H and O–H groups in total. The van der Waals surface area contributed by atoms with Crippen molar-refractivity contribution >= 4 is 0 Å². The van der Waals surface area contributed by atoms with E-state index in [1.807, 2.05) is 37.3 Å². The molecule has 0 saturated heterocycles. The summed E-state index contributed by atoms with van der Waals surface area (Å²) >= 11 is 0. The normalized spacial score (nSPS) is 12.2. The molecule has 0 unspecified atom stereocenters. The predicted octanol–water partition coefficient (Wildman–Crippen LogP) is 2.80. The zero-order chi connectivity index (χ0) is 15.2. The number of hydrogen-bond donors (Lipinski definition) is 2. The van der Waals surface area contributed by atoms with Gasteiger partial charge in [0, 0.05) is 13.1 Å². The minimum Gasteiger partial charge on any atom is -0.490 e. The van der Waals surface area contributed by atoms with Crippen molar-refractivity contribution in [2.45, 2.75) is 19.6 Å². The second-order valence-corrected chi connectivity index (χ2v) is 5.08. The molecule has 0 heterocycles. The van der Waals surface area contributed by atoms with Crippen LogP contribution in [0, 0.1) is 6.92 Å². The van der Waals surface area contributed by atoms with Crippen molar-refractivity contribution in [3.8, 4) is 16.9 Å². The lowest BCUT2D eigenvalue weighted by molar-refractivity contribution is 0.201. The number of benzene rings is 2. The third kappa shape index (κ3) is 4.28. The van der Waals surface area contributed by atoms with Crippen LogP contribution in [-0.4, -0.2) is 19.3 Å². The maximum absolute atomic E-state index is 13.2. The van der Waals surface area contributed by atoms with Crippen molar-refractivity contribution < 1.29 is 9.13 Å². The molecular formula is C17H21FN2O. The number of ether oxygens (including phenoxy) is 1. The monoisotopic (exact) mass is 288 g/mol. The lowest BCUT2D eigenvalue weighted by atomic mass is 10.0. The van der Waals surface area contributed by atoms with Crippen molar-refractivity contribution in [2.75, 3.05) is 13.2 Å². The fourth-order valence-corrected chi connectivity index (χ4v) is 2.13. The Bertz CT molecular complexity index is 601. The molecule has 0 spiro atoms. The number of aryl methyl sites for hydroxylation is 1. The summed E-state index contributed by atoms with van der Waals surface area (Å²) in [6, 6.07) is 13.9. The molecule has 3 nitrogen and oxygen atoms in total.